The molecule has 0 atom stereocenters. The van der Waals surface area contributed by atoms with Crippen molar-refractivity contribution in [2.24, 2.45) is 0 Å². The number of carbonyl (C=O) groups is 1. The Kier molecular flexibility index (Phi) is 7.78. The monoisotopic (exact) mass is 562 g/mol. The smallest absolute Gasteiger partial charge is 0.246 e. The highest BCUT2D eigenvalue weighted by molar-refractivity contribution is 6.35. The minimum absolute atomic E-state index is 0.0173. The maximum atomic E-state index is 16.6. The van der Waals surface area contributed by atoms with Crippen molar-refractivity contribution in [1.29, 1.82) is 0 Å². The quantitative estimate of drug-likeness (QED) is 0.325. The standard InChI is InChI=1S/C30H32ClFN6O2/c1-5-25(40)37-12-14-38(15-13-37)29-23-18-24(31)26(22-17-20(39)16-19-8-6-7-9-21(19)22)27(32)28(23)33-30(34-29)36(4)11-10-35(2)3/h5-9,16-18,39H,1,10-15H2,2-4H3. The van der Waals surface area contributed by atoms with Gasteiger partial charge in [0.1, 0.15) is 17.1 Å². The number of nitrogens with zero attached hydrogens (tertiary/aromatic N) is 6. The lowest BCUT2D eigenvalue weighted by atomic mass is 9.96. The van der Waals surface area contributed by atoms with Crippen LogP contribution in [0.5, 0.6) is 5.75 Å². The van der Waals surface area contributed by atoms with E-state index in [0.29, 0.717) is 55.4 Å². The average molecular weight is 563 g/mol. The third kappa shape index (κ3) is 5.26. The van der Waals surface area contributed by atoms with Crippen LogP contribution >= 0.6 is 11.6 Å². The van der Waals surface area contributed by atoms with Gasteiger partial charge in [0, 0.05) is 57.3 Å². The molecule has 208 valence electrons. The summed E-state index contributed by atoms with van der Waals surface area (Å²) in [7, 11) is 5.85. The van der Waals surface area contributed by atoms with Gasteiger partial charge in [-0.1, -0.05) is 42.4 Å². The first-order valence-electron chi connectivity index (χ1n) is 13.1. The van der Waals surface area contributed by atoms with E-state index in [4.69, 9.17) is 21.6 Å². The summed E-state index contributed by atoms with van der Waals surface area (Å²) in [5.41, 5.74) is 0.807. The molecule has 1 aromatic heterocycles. The van der Waals surface area contributed by atoms with Crippen molar-refractivity contribution in [2.75, 3.05) is 70.2 Å². The molecule has 0 bridgehead atoms. The van der Waals surface area contributed by atoms with Gasteiger partial charge in [-0.2, -0.15) is 4.98 Å². The van der Waals surface area contributed by atoms with Crippen LogP contribution in [0, 0.1) is 5.82 Å². The number of phenols is 1. The van der Waals surface area contributed by atoms with Crippen LogP contribution in [-0.2, 0) is 4.79 Å². The summed E-state index contributed by atoms with van der Waals surface area (Å²) in [6.07, 6.45) is 1.31. The first kappa shape index (κ1) is 27.6. The Labute approximate surface area is 237 Å². The molecule has 8 nitrogen and oxygen atoms in total. The number of hydrogen-bond donors (Lipinski definition) is 1. The molecule has 40 heavy (non-hydrogen) atoms. The number of halogens is 2. The van der Waals surface area contributed by atoms with Crippen LogP contribution in [0.3, 0.4) is 0 Å². The lowest BCUT2D eigenvalue weighted by Gasteiger charge is -2.35. The number of fused-ring (bicyclic) bond motifs is 2. The number of rotatable bonds is 7. The third-order valence-corrected chi connectivity index (χ3v) is 7.55. The number of phenolic OH excluding ortho intramolecular Hbond substituents is 1. The summed E-state index contributed by atoms with van der Waals surface area (Å²) in [5, 5.41) is 12.7. The second-order valence-electron chi connectivity index (χ2n) is 10.2. The lowest BCUT2D eigenvalue weighted by molar-refractivity contribution is -0.126. The Bertz CT molecular complexity index is 1600. The van der Waals surface area contributed by atoms with Crippen LogP contribution in [-0.4, -0.2) is 91.2 Å². The molecule has 1 aliphatic heterocycles. The van der Waals surface area contributed by atoms with Crippen LogP contribution in [0.2, 0.25) is 5.02 Å². The van der Waals surface area contributed by atoms with Crippen molar-refractivity contribution in [2.45, 2.75) is 0 Å². The van der Waals surface area contributed by atoms with E-state index in [0.717, 1.165) is 17.3 Å². The number of likely N-dealkylation sites (N-methyl/N-ethyl adjacent to an activating group) is 2. The number of anilines is 2. The number of carbonyl (C=O) groups excluding carboxylic acids is 1. The van der Waals surface area contributed by atoms with E-state index < -0.39 is 5.82 Å². The molecule has 1 amide bonds. The maximum absolute atomic E-state index is 16.6. The van der Waals surface area contributed by atoms with Gasteiger partial charge in [-0.3, -0.25) is 4.79 Å². The lowest BCUT2D eigenvalue weighted by Crippen LogP contribution is -2.48. The number of aromatic hydroxyl groups is 1. The van der Waals surface area contributed by atoms with Gasteiger partial charge in [0.25, 0.3) is 0 Å². The van der Waals surface area contributed by atoms with Gasteiger partial charge >= 0.3 is 0 Å². The van der Waals surface area contributed by atoms with Gasteiger partial charge < -0.3 is 24.7 Å². The van der Waals surface area contributed by atoms with Gasteiger partial charge in [-0.25, -0.2) is 9.37 Å². The molecular formula is C30H32ClFN6O2. The summed E-state index contributed by atoms with van der Waals surface area (Å²) in [5.74, 6) is 0.277. The molecule has 4 aromatic rings. The molecule has 2 heterocycles. The second kappa shape index (κ2) is 11.3. The molecule has 1 saturated heterocycles. The number of amides is 1. The van der Waals surface area contributed by atoms with E-state index in [1.165, 1.54) is 12.1 Å². The van der Waals surface area contributed by atoms with Crippen molar-refractivity contribution in [3.05, 3.63) is 66.0 Å². The fourth-order valence-corrected chi connectivity index (χ4v) is 5.34. The fraction of sp³-hybridized carbons (Fsp3) is 0.300. The zero-order chi connectivity index (χ0) is 28.6. The zero-order valence-corrected chi connectivity index (χ0v) is 23.6. The van der Waals surface area contributed by atoms with E-state index >= 15 is 4.39 Å². The van der Waals surface area contributed by atoms with Crippen LogP contribution < -0.4 is 9.80 Å². The number of aromatic nitrogens is 2. The summed E-state index contributed by atoms with van der Waals surface area (Å²) in [6.45, 7) is 7.01. The maximum Gasteiger partial charge on any atom is 0.246 e. The molecular weight excluding hydrogens is 531 g/mol. The van der Waals surface area contributed by atoms with E-state index in [2.05, 4.69) is 11.5 Å². The summed E-state index contributed by atoms with van der Waals surface area (Å²) < 4.78 is 16.6. The number of piperazine rings is 1. The molecule has 1 N–H and O–H groups in total. The van der Waals surface area contributed by atoms with Crippen LogP contribution in [0.25, 0.3) is 32.8 Å². The average Bonchev–Trinajstić information content (AvgIpc) is 2.95. The molecule has 0 saturated carbocycles. The Balaban J connectivity index is 1.68. The third-order valence-electron chi connectivity index (χ3n) is 7.26. The highest BCUT2D eigenvalue weighted by atomic mass is 35.5. The Morgan fingerprint density at radius 2 is 1.80 bits per heavy atom. The van der Waals surface area contributed by atoms with Crippen molar-refractivity contribution < 1.29 is 14.3 Å². The highest BCUT2D eigenvalue weighted by Gasteiger charge is 2.27. The molecule has 3 aromatic carbocycles. The van der Waals surface area contributed by atoms with Crippen molar-refractivity contribution in [3.63, 3.8) is 0 Å². The molecule has 0 aliphatic carbocycles. The molecule has 10 heteroatoms. The molecule has 1 aliphatic rings. The number of hydrogen-bond acceptors (Lipinski definition) is 7. The van der Waals surface area contributed by atoms with Gasteiger partial charge in [0.15, 0.2) is 5.82 Å². The van der Waals surface area contributed by atoms with Gasteiger partial charge in [0.2, 0.25) is 11.9 Å². The molecule has 5 rings (SSSR count). The van der Waals surface area contributed by atoms with Crippen molar-refractivity contribution in [3.8, 4) is 16.9 Å². The topological polar surface area (TPSA) is 76.0 Å². The minimum atomic E-state index is -0.579. The molecule has 0 unspecified atom stereocenters. The number of benzene rings is 3. The van der Waals surface area contributed by atoms with E-state index in [1.54, 1.807) is 17.0 Å². The first-order valence-corrected chi connectivity index (χ1v) is 13.5. The minimum Gasteiger partial charge on any atom is -0.508 e. The van der Waals surface area contributed by atoms with E-state index in [1.807, 2.05) is 55.2 Å². The normalized spacial score (nSPS) is 13.8. The predicted molar refractivity (Wildman–Crippen MR) is 160 cm³/mol. The summed E-state index contributed by atoms with van der Waals surface area (Å²) in [4.78, 5) is 29.4. The molecule has 0 spiro atoms. The highest BCUT2D eigenvalue weighted by Crippen LogP contribution is 2.42. The van der Waals surface area contributed by atoms with Gasteiger partial charge in [0.05, 0.1) is 5.02 Å². The Hall–Kier alpha value is -3.95. The predicted octanol–water partition coefficient (Wildman–Crippen LogP) is 4.78. The van der Waals surface area contributed by atoms with Crippen LogP contribution in [0.15, 0.2) is 55.1 Å². The Morgan fingerprint density at radius 3 is 2.50 bits per heavy atom. The van der Waals surface area contributed by atoms with Crippen molar-refractivity contribution >= 4 is 50.9 Å². The summed E-state index contributed by atoms with van der Waals surface area (Å²) in [6, 6.07) is 12.3. The van der Waals surface area contributed by atoms with E-state index in [-0.39, 0.29) is 27.8 Å². The molecule has 0 radical (unpaired) electrons. The Morgan fingerprint density at radius 1 is 1.07 bits per heavy atom. The largest absolute Gasteiger partial charge is 0.508 e. The fourth-order valence-electron chi connectivity index (χ4n) is 5.05. The zero-order valence-electron chi connectivity index (χ0n) is 22.9. The second-order valence-corrected chi connectivity index (χ2v) is 10.7. The van der Waals surface area contributed by atoms with E-state index in [9.17, 15) is 9.90 Å². The summed E-state index contributed by atoms with van der Waals surface area (Å²) >= 11 is 6.80. The molecule has 1 fully saturated rings. The first-order chi connectivity index (χ1) is 19.2. The SMILES string of the molecule is C=CC(=O)N1CCN(c2nc(N(C)CCN(C)C)nc3c(F)c(-c4cc(O)cc5ccccc45)c(Cl)cc23)CC1. The van der Waals surface area contributed by atoms with Crippen LogP contribution in [0.4, 0.5) is 16.2 Å². The van der Waals surface area contributed by atoms with Gasteiger partial charge in [-0.05, 0) is 54.7 Å². The van der Waals surface area contributed by atoms with Gasteiger partial charge in [-0.15, -0.1) is 0 Å². The van der Waals surface area contributed by atoms with Crippen LogP contribution in [0.1, 0.15) is 0 Å². The van der Waals surface area contributed by atoms with Crippen molar-refractivity contribution in [1.82, 2.24) is 19.8 Å².